The quantitative estimate of drug-likeness (QED) is 0.151. The summed E-state index contributed by atoms with van der Waals surface area (Å²) >= 11 is 0. The van der Waals surface area contributed by atoms with Crippen LogP contribution in [0.1, 0.15) is 0 Å². The van der Waals surface area contributed by atoms with Gasteiger partial charge in [-0.3, -0.25) is 0 Å². The number of hydrogen-bond acceptors (Lipinski definition) is 5. The molecule has 0 N–H and O–H groups in total. The van der Waals surface area contributed by atoms with Gasteiger partial charge in [0.05, 0.1) is 0 Å². The molecule has 328 valence electrons. The SMILES string of the molecule is c1ccc(B2c3ccccc3B3c4ccccc4N(c4ccccc4)c4c3c2cc2c4B(c3ccccc3)c3ccccc3N2c2ccc(-c3nc(-c4ccccc4)nc(-c4ccccc4)n3)cc2)cc1. The van der Waals surface area contributed by atoms with E-state index < -0.39 is 0 Å². The molecule has 0 aliphatic carbocycles. The fourth-order valence-electron chi connectivity index (χ4n) is 11.7. The van der Waals surface area contributed by atoms with Crippen molar-refractivity contribution in [3.8, 4) is 34.2 Å². The van der Waals surface area contributed by atoms with Gasteiger partial charge in [-0.1, -0.05) is 228 Å². The molecule has 11 aromatic rings. The van der Waals surface area contributed by atoms with Crippen molar-refractivity contribution in [2.75, 3.05) is 9.80 Å². The first-order chi connectivity index (χ1) is 35.3. The number of fused-ring (bicyclic) bond motifs is 7. The van der Waals surface area contributed by atoms with Crippen molar-refractivity contribution < 1.29 is 0 Å². The molecule has 14 rings (SSSR count). The number of anilines is 6. The Morgan fingerprint density at radius 2 is 0.662 bits per heavy atom. The van der Waals surface area contributed by atoms with Gasteiger partial charge in [0, 0.05) is 50.8 Å². The maximum atomic E-state index is 5.11. The molecule has 10 aromatic carbocycles. The monoisotopic (exact) mass is 901 g/mol. The molecule has 3 aliphatic heterocycles. The van der Waals surface area contributed by atoms with E-state index in [0.29, 0.717) is 17.5 Å². The van der Waals surface area contributed by atoms with Gasteiger partial charge in [-0.25, -0.2) is 15.0 Å². The molecule has 0 amide bonds. The minimum absolute atomic E-state index is 0.0105. The molecule has 5 nitrogen and oxygen atoms in total. The van der Waals surface area contributed by atoms with Crippen molar-refractivity contribution in [2.24, 2.45) is 0 Å². The highest BCUT2D eigenvalue weighted by atomic mass is 15.2. The van der Waals surface area contributed by atoms with Crippen LogP contribution < -0.4 is 59.0 Å². The number of para-hydroxylation sites is 3. The van der Waals surface area contributed by atoms with Gasteiger partial charge in [0.25, 0.3) is 0 Å². The van der Waals surface area contributed by atoms with E-state index >= 15 is 0 Å². The predicted octanol–water partition coefficient (Wildman–Crippen LogP) is 8.30. The minimum atomic E-state index is -0.0827. The number of aromatic nitrogens is 3. The third kappa shape index (κ3) is 6.70. The standard InChI is InChI=1S/C63H42B3N5/c1-6-22-43(23-7-1)61-67-62(44-24-8-2-9-25-44)69-63(68-61)45-38-40-49(41-39-45)70-55-36-20-18-34-52(55)65(47-28-12-4-13-29-47)59-57(70)42-54-58-60(59)71(48-30-14-5-15-31-48)56-37-21-19-35-53(56)66(58)51-33-17-16-32-50(51)64(54)46-26-10-3-11-27-46/h1-42H. The summed E-state index contributed by atoms with van der Waals surface area (Å²) in [5.41, 5.74) is 21.5. The van der Waals surface area contributed by atoms with E-state index in [1.54, 1.807) is 0 Å². The van der Waals surface area contributed by atoms with Gasteiger partial charge >= 0.3 is 0 Å². The maximum absolute atomic E-state index is 5.11. The highest BCUT2D eigenvalue weighted by molar-refractivity contribution is 7.13. The lowest BCUT2D eigenvalue weighted by molar-refractivity contribution is 1.07. The number of benzene rings is 10. The third-order valence-electron chi connectivity index (χ3n) is 14.7. The fourth-order valence-corrected chi connectivity index (χ4v) is 11.7. The smallest absolute Gasteiger partial charge is 0.249 e. The van der Waals surface area contributed by atoms with Crippen LogP contribution in [0.5, 0.6) is 0 Å². The van der Waals surface area contributed by atoms with Crippen molar-refractivity contribution in [2.45, 2.75) is 0 Å². The van der Waals surface area contributed by atoms with Crippen LogP contribution in [0.2, 0.25) is 0 Å². The summed E-state index contributed by atoms with van der Waals surface area (Å²) in [5, 5.41) is 0. The molecule has 0 spiro atoms. The van der Waals surface area contributed by atoms with Gasteiger partial charge in [-0.15, -0.1) is 0 Å². The Hall–Kier alpha value is -9.00. The molecule has 0 bridgehead atoms. The van der Waals surface area contributed by atoms with E-state index in [4.69, 9.17) is 15.0 Å². The van der Waals surface area contributed by atoms with E-state index in [9.17, 15) is 0 Å². The number of hydrogen-bond donors (Lipinski definition) is 0. The van der Waals surface area contributed by atoms with E-state index in [-0.39, 0.29) is 20.1 Å². The first-order valence-electron chi connectivity index (χ1n) is 24.5. The second kappa shape index (κ2) is 16.9. The van der Waals surface area contributed by atoms with Crippen molar-refractivity contribution in [3.63, 3.8) is 0 Å². The molecular formula is C63H42B3N5. The minimum Gasteiger partial charge on any atom is -0.312 e. The maximum Gasteiger partial charge on any atom is 0.249 e. The van der Waals surface area contributed by atoms with Crippen molar-refractivity contribution in [1.29, 1.82) is 0 Å². The summed E-state index contributed by atoms with van der Waals surface area (Å²) in [4.78, 5) is 20.3. The molecule has 0 fully saturated rings. The van der Waals surface area contributed by atoms with Crippen LogP contribution in [0.3, 0.4) is 0 Å². The summed E-state index contributed by atoms with van der Waals surface area (Å²) in [6, 6.07) is 92.3. The zero-order chi connectivity index (χ0) is 46.8. The van der Waals surface area contributed by atoms with Gasteiger partial charge in [0.15, 0.2) is 17.5 Å². The van der Waals surface area contributed by atoms with Crippen LogP contribution in [-0.2, 0) is 0 Å². The Kier molecular flexibility index (Phi) is 9.76. The number of nitrogens with zero attached hydrogens (tertiary/aromatic N) is 5. The highest BCUT2D eigenvalue weighted by Crippen LogP contribution is 2.42. The van der Waals surface area contributed by atoms with Crippen LogP contribution in [0.4, 0.5) is 34.1 Å². The second-order valence-corrected chi connectivity index (χ2v) is 18.6. The predicted molar refractivity (Wildman–Crippen MR) is 299 cm³/mol. The summed E-state index contributed by atoms with van der Waals surface area (Å²) in [6.07, 6.45) is 0. The molecule has 8 heteroatoms. The molecule has 0 unspecified atom stereocenters. The van der Waals surface area contributed by atoms with Gasteiger partial charge < -0.3 is 9.80 Å². The average molecular weight is 901 g/mol. The molecule has 1 aromatic heterocycles. The van der Waals surface area contributed by atoms with Crippen LogP contribution in [0.15, 0.2) is 255 Å². The van der Waals surface area contributed by atoms with Gasteiger partial charge in [0.2, 0.25) is 20.1 Å². The summed E-state index contributed by atoms with van der Waals surface area (Å²) in [7, 11) is 0. The molecule has 4 heterocycles. The Bertz CT molecular complexity index is 3720. The molecule has 0 atom stereocenters. The lowest BCUT2D eigenvalue weighted by atomic mass is 9.19. The Morgan fingerprint density at radius 3 is 1.21 bits per heavy atom. The van der Waals surface area contributed by atoms with E-state index in [1.807, 2.05) is 36.4 Å². The highest BCUT2D eigenvalue weighted by Gasteiger charge is 2.49. The zero-order valence-electron chi connectivity index (χ0n) is 38.7. The first kappa shape index (κ1) is 41.0. The van der Waals surface area contributed by atoms with Crippen LogP contribution in [0.25, 0.3) is 34.2 Å². The van der Waals surface area contributed by atoms with E-state index in [1.165, 1.54) is 60.5 Å². The van der Waals surface area contributed by atoms with Crippen molar-refractivity contribution in [3.05, 3.63) is 255 Å². The second-order valence-electron chi connectivity index (χ2n) is 18.6. The normalized spacial score (nSPS) is 12.9. The summed E-state index contributed by atoms with van der Waals surface area (Å²) in [5.74, 6) is 1.90. The van der Waals surface area contributed by atoms with Crippen LogP contribution in [-0.4, -0.2) is 35.1 Å². The summed E-state index contributed by atoms with van der Waals surface area (Å²) in [6.45, 7) is -0.0785. The summed E-state index contributed by atoms with van der Waals surface area (Å²) < 4.78 is 0. The molecule has 0 radical (unpaired) electrons. The number of rotatable bonds is 7. The van der Waals surface area contributed by atoms with Crippen LogP contribution in [0, 0.1) is 0 Å². The third-order valence-corrected chi connectivity index (χ3v) is 14.7. The Balaban J connectivity index is 1.05. The molecule has 3 aliphatic rings. The lowest BCUT2D eigenvalue weighted by Crippen LogP contribution is -2.78. The van der Waals surface area contributed by atoms with Crippen molar-refractivity contribution in [1.82, 2.24) is 15.0 Å². The van der Waals surface area contributed by atoms with Gasteiger partial charge in [0.1, 0.15) is 0 Å². The lowest BCUT2D eigenvalue weighted by Gasteiger charge is -2.47. The van der Waals surface area contributed by atoms with E-state index in [2.05, 4.69) is 228 Å². The Labute approximate surface area is 415 Å². The molecule has 0 saturated heterocycles. The Morgan fingerprint density at radius 1 is 0.268 bits per heavy atom. The van der Waals surface area contributed by atoms with Gasteiger partial charge in [-0.05, 0) is 76.4 Å². The first-order valence-corrected chi connectivity index (χ1v) is 24.5. The van der Waals surface area contributed by atoms with Crippen LogP contribution >= 0.6 is 0 Å². The molecule has 71 heavy (non-hydrogen) atoms. The molecular weight excluding hydrogens is 859 g/mol. The zero-order valence-corrected chi connectivity index (χ0v) is 38.7. The average Bonchev–Trinajstić information content (AvgIpc) is 3.45. The van der Waals surface area contributed by atoms with E-state index in [0.717, 1.165) is 39.4 Å². The largest absolute Gasteiger partial charge is 0.312 e. The van der Waals surface area contributed by atoms with Crippen molar-refractivity contribution >= 4 is 103 Å². The van der Waals surface area contributed by atoms with Gasteiger partial charge in [-0.2, -0.15) is 0 Å². The molecule has 0 saturated carbocycles. The topological polar surface area (TPSA) is 45.2 Å². The fraction of sp³-hybridized carbons (Fsp3) is 0.